The van der Waals surface area contributed by atoms with Gasteiger partial charge in [-0.3, -0.25) is 10.1 Å². The summed E-state index contributed by atoms with van der Waals surface area (Å²) in [6, 6.07) is 16.2. The third kappa shape index (κ3) is 5.51. The molecule has 0 saturated heterocycles. The van der Waals surface area contributed by atoms with Gasteiger partial charge >= 0.3 is 12.1 Å². The number of amides is 2. The number of hydrogen-bond donors (Lipinski definition) is 3. The molecule has 1 unspecified atom stereocenters. The van der Waals surface area contributed by atoms with Crippen LogP contribution in [0.5, 0.6) is 0 Å². The Morgan fingerprint density at radius 3 is 2.26 bits per heavy atom. The minimum absolute atomic E-state index is 0.0820. The van der Waals surface area contributed by atoms with Gasteiger partial charge in [0.05, 0.1) is 0 Å². The van der Waals surface area contributed by atoms with E-state index in [1.165, 1.54) is 6.07 Å². The molecule has 182 valence electrons. The minimum atomic E-state index is -1.13. The van der Waals surface area contributed by atoms with Crippen LogP contribution in [-0.2, 0) is 9.53 Å². The van der Waals surface area contributed by atoms with E-state index in [0.717, 1.165) is 22.3 Å². The number of anilines is 1. The molecule has 3 N–H and O–H groups in total. The molecule has 0 saturated carbocycles. The van der Waals surface area contributed by atoms with Gasteiger partial charge in [-0.1, -0.05) is 67.5 Å². The van der Waals surface area contributed by atoms with Crippen LogP contribution in [0, 0.1) is 5.92 Å². The first kappa shape index (κ1) is 24.0. The molecule has 0 radical (unpaired) electrons. The second-order valence-electron chi connectivity index (χ2n) is 8.86. The van der Waals surface area contributed by atoms with E-state index in [4.69, 9.17) is 9.26 Å². The van der Waals surface area contributed by atoms with Gasteiger partial charge in [-0.05, 0) is 41.0 Å². The third-order valence-corrected chi connectivity index (χ3v) is 5.95. The van der Waals surface area contributed by atoms with Crippen LogP contribution in [0.4, 0.5) is 10.7 Å². The zero-order chi connectivity index (χ0) is 24.9. The number of aromatic nitrogens is 1. The number of hydrogen-bond acceptors (Lipinski definition) is 6. The highest BCUT2D eigenvalue weighted by Gasteiger charge is 2.29. The van der Waals surface area contributed by atoms with Crippen molar-refractivity contribution in [2.24, 2.45) is 5.92 Å². The van der Waals surface area contributed by atoms with E-state index in [0.29, 0.717) is 18.8 Å². The number of ether oxygens (including phenoxy) is 1. The van der Waals surface area contributed by atoms with Crippen molar-refractivity contribution in [3.05, 3.63) is 71.4 Å². The summed E-state index contributed by atoms with van der Waals surface area (Å²) in [5, 5.41) is 17.8. The molecular weight excluding hydrogens is 450 g/mol. The Morgan fingerprint density at radius 2 is 1.66 bits per heavy atom. The van der Waals surface area contributed by atoms with Crippen LogP contribution in [0.15, 0.2) is 59.1 Å². The van der Waals surface area contributed by atoms with Crippen LogP contribution in [0.25, 0.3) is 11.1 Å². The van der Waals surface area contributed by atoms with Crippen LogP contribution in [-0.4, -0.2) is 40.9 Å². The minimum Gasteiger partial charge on any atom is -0.480 e. The molecule has 4 rings (SSSR count). The fourth-order valence-corrected chi connectivity index (χ4v) is 4.17. The van der Waals surface area contributed by atoms with Crippen molar-refractivity contribution in [3.63, 3.8) is 0 Å². The smallest absolute Gasteiger partial charge is 0.414 e. The Labute approximate surface area is 202 Å². The molecule has 1 heterocycles. The van der Waals surface area contributed by atoms with E-state index in [9.17, 15) is 19.5 Å². The topological polar surface area (TPSA) is 131 Å². The number of nitrogens with one attached hydrogen (secondary N) is 2. The van der Waals surface area contributed by atoms with Crippen LogP contribution in [0.1, 0.15) is 54.2 Å². The molecule has 0 spiro atoms. The Morgan fingerprint density at radius 1 is 1.03 bits per heavy atom. The van der Waals surface area contributed by atoms with E-state index in [2.05, 4.69) is 15.8 Å². The number of fused-ring (bicyclic) bond motifs is 3. The van der Waals surface area contributed by atoms with E-state index < -0.39 is 24.0 Å². The fraction of sp³-hybridized carbons (Fsp3) is 0.308. The predicted molar refractivity (Wildman–Crippen MR) is 128 cm³/mol. The van der Waals surface area contributed by atoms with Crippen LogP contribution < -0.4 is 10.6 Å². The number of rotatable bonds is 9. The monoisotopic (exact) mass is 477 g/mol. The normalized spacial score (nSPS) is 13.1. The van der Waals surface area contributed by atoms with Crippen molar-refractivity contribution < 1.29 is 28.8 Å². The van der Waals surface area contributed by atoms with E-state index in [-0.39, 0.29) is 24.1 Å². The Bertz CT molecular complexity index is 1190. The van der Waals surface area contributed by atoms with Gasteiger partial charge in [0.15, 0.2) is 5.69 Å². The molecule has 0 bridgehead atoms. The van der Waals surface area contributed by atoms with Crippen molar-refractivity contribution in [1.29, 1.82) is 0 Å². The van der Waals surface area contributed by atoms with Gasteiger partial charge in [0.25, 0.3) is 5.91 Å². The number of carboxylic acid groups (broad SMARTS) is 1. The average molecular weight is 478 g/mol. The Kier molecular flexibility index (Phi) is 7.14. The van der Waals surface area contributed by atoms with E-state index in [1.54, 1.807) is 0 Å². The number of nitrogens with zero attached hydrogens (tertiary/aromatic N) is 1. The molecule has 1 aliphatic rings. The van der Waals surface area contributed by atoms with Gasteiger partial charge in [-0.2, -0.15) is 0 Å². The van der Waals surface area contributed by atoms with Crippen molar-refractivity contribution in [2.45, 2.75) is 38.6 Å². The van der Waals surface area contributed by atoms with Gasteiger partial charge in [-0.15, -0.1) is 0 Å². The first-order chi connectivity index (χ1) is 16.8. The van der Waals surface area contributed by atoms with Crippen LogP contribution in [0.3, 0.4) is 0 Å². The van der Waals surface area contributed by atoms with Crippen LogP contribution >= 0.6 is 0 Å². The summed E-state index contributed by atoms with van der Waals surface area (Å²) in [5.41, 5.74) is 4.28. The molecule has 0 fully saturated rings. The van der Waals surface area contributed by atoms with Crippen molar-refractivity contribution in [3.8, 4) is 11.1 Å². The van der Waals surface area contributed by atoms with Crippen molar-refractivity contribution in [1.82, 2.24) is 10.5 Å². The number of benzene rings is 2. The van der Waals surface area contributed by atoms with Crippen LogP contribution in [0.2, 0.25) is 0 Å². The zero-order valence-corrected chi connectivity index (χ0v) is 19.5. The molecule has 2 amide bonds. The lowest BCUT2D eigenvalue weighted by Gasteiger charge is -2.14. The molecule has 1 aromatic heterocycles. The molecule has 9 nitrogen and oxygen atoms in total. The van der Waals surface area contributed by atoms with Crippen molar-refractivity contribution in [2.75, 3.05) is 11.9 Å². The second kappa shape index (κ2) is 10.4. The molecule has 35 heavy (non-hydrogen) atoms. The summed E-state index contributed by atoms with van der Waals surface area (Å²) < 4.78 is 10.5. The molecule has 0 aliphatic heterocycles. The van der Waals surface area contributed by atoms with Gasteiger partial charge in [-0.25, -0.2) is 9.59 Å². The maximum Gasteiger partial charge on any atom is 0.414 e. The summed E-state index contributed by atoms with van der Waals surface area (Å²) in [7, 11) is 0. The number of carbonyl (C=O) groups excluding carboxylic acids is 2. The molecule has 3 aromatic rings. The number of aliphatic carboxylic acids is 1. The highest BCUT2D eigenvalue weighted by molar-refractivity contribution is 5.96. The maximum absolute atomic E-state index is 12.4. The lowest BCUT2D eigenvalue weighted by atomic mass is 9.98. The first-order valence-electron chi connectivity index (χ1n) is 11.5. The molecule has 1 aliphatic carbocycles. The van der Waals surface area contributed by atoms with E-state index >= 15 is 0 Å². The Balaban J connectivity index is 1.34. The van der Waals surface area contributed by atoms with Gasteiger partial charge in [0, 0.05) is 12.0 Å². The highest BCUT2D eigenvalue weighted by atomic mass is 16.6. The SMILES string of the molecule is CC(C)CCC(NC(=O)c1cc(NC(=O)OCC2c3ccccc3-c3ccccc32)on1)C(=O)O. The van der Waals surface area contributed by atoms with Gasteiger partial charge < -0.3 is 19.7 Å². The number of carbonyl (C=O) groups is 3. The standard InChI is InChI=1S/C26H27N3O6/c1-15(2)11-12-21(25(31)32)27-24(30)22-13-23(35-29-22)28-26(33)34-14-20-18-9-5-3-7-16(18)17-8-4-6-10-19(17)20/h3-10,13,15,20-21H,11-12,14H2,1-2H3,(H,27,30)(H,28,33)(H,31,32). The lowest BCUT2D eigenvalue weighted by Crippen LogP contribution is -2.41. The summed E-state index contributed by atoms with van der Waals surface area (Å²) in [6.45, 7) is 4.07. The molecular formula is C26H27N3O6. The Hall–Kier alpha value is -4.14. The fourth-order valence-electron chi connectivity index (χ4n) is 4.17. The molecule has 2 aromatic carbocycles. The highest BCUT2D eigenvalue weighted by Crippen LogP contribution is 2.44. The lowest BCUT2D eigenvalue weighted by molar-refractivity contribution is -0.139. The summed E-state index contributed by atoms with van der Waals surface area (Å²) in [6.07, 6.45) is 0.182. The largest absolute Gasteiger partial charge is 0.480 e. The third-order valence-electron chi connectivity index (χ3n) is 5.95. The second-order valence-corrected chi connectivity index (χ2v) is 8.86. The molecule has 9 heteroatoms. The average Bonchev–Trinajstić information content (AvgIpc) is 3.43. The summed E-state index contributed by atoms with van der Waals surface area (Å²) in [4.78, 5) is 36.2. The van der Waals surface area contributed by atoms with Gasteiger partial charge in [0.1, 0.15) is 12.6 Å². The predicted octanol–water partition coefficient (Wildman–Crippen LogP) is 4.65. The maximum atomic E-state index is 12.4. The number of carboxylic acids is 1. The summed E-state index contributed by atoms with van der Waals surface area (Å²) >= 11 is 0. The quantitative estimate of drug-likeness (QED) is 0.409. The first-order valence-corrected chi connectivity index (χ1v) is 11.5. The van der Waals surface area contributed by atoms with Gasteiger partial charge in [0.2, 0.25) is 5.88 Å². The zero-order valence-electron chi connectivity index (χ0n) is 19.5. The summed E-state index contributed by atoms with van der Waals surface area (Å²) in [5.74, 6) is -1.71. The van der Waals surface area contributed by atoms with Crippen molar-refractivity contribution >= 4 is 23.9 Å². The van der Waals surface area contributed by atoms with E-state index in [1.807, 2.05) is 62.4 Å². The molecule has 1 atom stereocenters.